The highest BCUT2D eigenvalue weighted by molar-refractivity contribution is 14.1. The van der Waals surface area contributed by atoms with Crippen LogP contribution >= 0.6 is 34.2 Å². The second kappa shape index (κ2) is 4.06. The molecule has 0 heterocycles. The molecule has 0 amide bonds. The van der Waals surface area contributed by atoms with Gasteiger partial charge < -0.3 is 0 Å². The van der Waals surface area contributed by atoms with Crippen LogP contribution < -0.4 is 0 Å². The first-order chi connectivity index (χ1) is 5.65. The van der Waals surface area contributed by atoms with Gasteiger partial charge >= 0.3 is 0 Å². The van der Waals surface area contributed by atoms with Crippen molar-refractivity contribution in [3.05, 3.63) is 32.1 Å². The predicted octanol–water partition coefficient (Wildman–Crippen LogP) is 3.15. The average molecular weight is 295 g/mol. The number of halogens is 3. The number of benzene rings is 1. The van der Waals surface area contributed by atoms with Gasteiger partial charge in [-0.05, 0) is 40.3 Å². The summed E-state index contributed by atoms with van der Waals surface area (Å²) in [6.45, 7) is 0. The quantitative estimate of drug-likeness (QED) is 0.577. The molecule has 0 saturated heterocycles. The van der Waals surface area contributed by atoms with Crippen LogP contribution in [-0.2, 0) is 6.42 Å². The normalized spacial score (nSPS) is 9.50. The average Bonchev–Trinajstić information content (AvgIpc) is 2.01. The van der Waals surface area contributed by atoms with Gasteiger partial charge in [-0.15, -0.1) is 0 Å². The molecular formula is C8H4ClFIN. The molecule has 0 aromatic heterocycles. The lowest BCUT2D eigenvalue weighted by Crippen LogP contribution is -1.89. The van der Waals surface area contributed by atoms with Crippen molar-refractivity contribution in [3.8, 4) is 6.07 Å². The second-order valence-corrected chi connectivity index (χ2v) is 3.76. The molecule has 62 valence electrons. The highest BCUT2D eigenvalue weighted by Crippen LogP contribution is 2.21. The number of hydrogen-bond donors (Lipinski definition) is 0. The zero-order valence-electron chi connectivity index (χ0n) is 5.94. The van der Waals surface area contributed by atoms with Gasteiger partial charge in [-0.2, -0.15) is 5.26 Å². The molecule has 0 aliphatic rings. The van der Waals surface area contributed by atoms with E-state index in [0.717, 1.165) is 9.13 Å². The van der Waals surface area contributed by atoms with Crippen molar-refractivity contribution in [3.63, 3.8) is 0 Å². The van der Waals surface area contributed by atoms with Crippen molar-refractivity contribution in [1.82, 2.24) is 0 Å². The van der Waals surface area contributed by atoms with Gasteiger partial charge in [0.15, 0.2) is 0 Å². The van der Waals surface area contributed by atoms with Crippen LogP contribution in [0.2, 0.25) is 5.02 Å². The van der Waals surface area contributed by atoms with Crippen molar-refractivity contribution < 1.29 is 4.39 Å². The fourth-order valence-electron chi connectivity index (χ4n) is 0.784. The molecule has 1 aromatic rings. The van der Waals surface area contributed by atoms with E-state index in [9.17, 15) is 4.39 Å². The van der Waals surface area contributed by atoms with Crippen LogP contribution in [0.25, 0.3) is 0 Å². The summed E-state index contributed by atoms with van der Waals surface area (Å²) in [5, 5.41) is 8.48. The SMILES string of the molecule is N#CCc1cc(Cl)c(F)cc1I. The van der Waals surface area contributed by atoms with Gasteiger partial charge in [0, 0.05) is 3.57 Å². The largest absolute Gasteiger partial charge is 0.205 e. The molecule has 0 aliphatic heterocycles. The minimum Gasteiger partial charge on any atom is -0.205 e. The van der Waals surface area contributed by atoms with E-state index in [-0.39, 0.29) is 11.4 Å². The lowest BCUT2D eigenvalue weighted by molar-refractivity contribution is 0.626. The maximum atomic E-state index is 12.8. The third-order valence-corrected chi connectivity index (χ3v) is 2.65. The molecule has 12 heavy (non-hydrogen) atoms. The predicted molar refractivity (Wildman–Crippen MR) is 53.4 cm³/mol. The fourth-order valence-corrected chi connectivity index (χ4v) is 1.59. The van der Waals surface area contributed by atoms with Crippen molar-refractivity contribution in [2.45, 2.75) is 6.42 Å². The van der Waals surface area contributed by atoms with Crippen molar-refractivity contribution in [2.75, 3.05) is 0 Å². The number of hydrogen-bond acceptors (Lipinski definition) is 1. The highest BCUT2D eigenvalue weighted by atomic mass is 127. The molecular weight excluding hydrogens is 291 g/mol. The summed E-state index contributed by atoms with van der Waals surface area (Å²) in [5.41, 5.74) is 0.768. The Kier molecular flexibility index (Phi) is 3.29. The van der Waals surface area contributed by atoms with Gasteiger partial charge in [-0.3, -0.25) is 0 Å². The van der Waals surface area contributed by atoms with Crippen molar-refractivity contribution >= 4 is 34.2 Å². The minimum absolute atomic E-state index is 0.0701. The molecule has 1 nitrogen and oxygen atoms in total. The third-order valence-electron chi connectivity index (χ3n) is 1.36. The molecule has 0 bridgehead atoms. The maximum Gasteiger partial charge on any atom is 0.142 e. The van der Waals surface area contributed by atoms with Crippen LogP contribution in [0.5, 0.6) is 0 Å². The van der Waals surface area contributed by atoms with E-state index in [0.29, 0.717) is 0 Å². The molecule has 0 aliphatic carbocycles. The molecule has 0 atom stereocenters. The zero-order valence-corrected chi connectivity index (χ0v) is 8.86. The maximum absolute atomic E-state index is 12.8. The zero-order chi connectivity index (χ0) is 9.14. The topological polar surface area (TPSA) is 23.8 Å². The van der Waals surface area contributed by atoms with Crippen molar-refractivity contribution in [1.29, 1.82) is 5.26 Å². The Morgan fingerprint density at radius 3 is 2.83 bits per heavy atom. The van der Waals surface area contributed by atoms with E-state index in [1.807, 2.05) is 28.7 Å². The monoisotopic (exact) mass is 295 g/mol. The lowest BCUT2D eigenvalue weighted by atomic mass is 10.2. The van der Waals surface area contributed by atoms with E-state index >= 15 is 0 Å². The first-order valence-electron chi connectivity index (χ1n) is 3.15. The first-order valence-corrected chi connectivity index (χ1v) is 4.61. The van der Waals surface area contributed by atoms with Gasteiger partial charge in [0.05, 0.1) is 17.5 Å². The van der Waals surface area contributed by atoms with E-state index in [1.165, 1.54) is 12.1 Å². The molecule has 0 fully saturated rings. The van der Waals surface area contributed by atoms with E-state index in [4.69, 9.17) is 16.9 Å². The molecule has 0 unspecified atom stereocenters. The Morgan fingerprint density at radius 1 is 1.58 bits per heavy atom. The van der Waals surface area contributed by atoms with Crippen LogP contribution in [-0.4, -0.2) is 0 Å². The minimum atomic E-state index is -0.442. The van der Waals surface area contributed by atoms with Gasteiger partial charge in [0.25, 0.3) is 0 Å². The van der Waals surface area contributed by atoms with E-state index in [1.54, 1.807) is 0 Å². The number of nitriles is 1. The Bertz CT molecular complexity index is 346. The molecule has 0 radical (unpaired) electrons. The number of nitrogens with zero attached hydrogens (tertiary/aromatic N) is 1. The van der Waals surface area contributed by atoms with E-state index in [2.05, 4.69) is 0 Å². The summed E-state index contributed by atoms with van der Waals surface area (Å²) in [6, 6.07) is 4.80. The highest BCUT2D eigenvalue weighted by Gasteiger charge is 2.05. The van der Waals surface area contributed by atoms with Crippen LogP contribution in [0.3, 0.4) is 0 Å². The second-order valence-electron chi connectivity index (χ2n) is 2.19. The van der Waals surface area contributed by atoms with Gasteiger partial charge in [-0.1, -0.05) is 11.6 Å². The molecule has 0 spiro atoms. The summed E-state index contributed by atoms with van der Waals surface area (Å²) < 4.78 is 13.5. The Labute approximate surface area is 88.3 Å². The molecule has 1 rings (SSSR count). The molecule has 4 heteroatoms. The Morgan fingerprint density at radius 2 is 2.25 bits per heavy atom. The first kappa shape index (κ1) is 9.75. The van der Waals surface area contributed by atoms with Crippen LogP contribution in [0.1, 0.15) is 5.56 Å². The third kappa shape index (κ3) is 2.08. The van der Waals surface area contributed by atoms with Crippen LogP contribution in [0.15, 0.2) is 12.1 Å². The summed E-state index contributed by atoms with van der Waals surface area (Å²) in [6.07, 6.45) is 0.262. The summed E-state index contributed by atoms with van der Waals surface area (Å²) in [5.74, 6) is -0.442. The fraction of sp³-hybridized carbons (Fsp3) is 0.125. The van der Waals surface area contributed by atoms with E-state index < -0.39 is 5.82 Å². The van der Waals surface area contributed by atoms with Gasteiger partial charge in [-0.25, -0.2) is 4.39 Å². The van der Waals surface area contributed by atoms with Crippen LogP contribution in [0.4, 0.5) is 4.39 Å². The Balaban J connectivity index is 3.16. The molecule has 0 N–H and O–H groups in total. The van der Waals surface area contributed by atoms with Gasteiger partial charge in [0.1, 0.15) is 5.82 Å². The summed E-state index contributed by atoms with van der Waals surface area (Å²) in [7, 11) is 0. The standard InChI is InChI=1S/C8H4ClFIN/c9-6-3-5(1-2-12)8(11)4-7(6)10/h3-4H,1H2. The smallest absolute Gasteiger partial charge is 0.142 e. The van der Waals surface area contributed by atoms with Crippen molar-refractivity contribution in [2.24, 2.45) is 0 Å². The number of rotatable bonds is 1. The van der Waals surface area contributed by atoms with Crippen LogP contribution in [0, 0.1) is 20.7 Å². The molecule has 0 saturated carbocycles. The van der Waals surface area contributed by atoms with Gasteiger partial charge in [0.2, 0.25) is 0 Å². The summed E-state index contributed by atoms with van der Waals surface area (Å²) >= 11 is 7.51. The lowest BCUT2D eigenvalue weighted by Gasteiger charge is -2.00. The molecule has 1 aromatic carbocycles. The Hall–Kier alpha value is -0.340. The summed E-state index contributed by atoms with van der Waals surface area (Å²) in [4.78, 5) is 0.